The SMILES string of the molecule is CCOCc1nc2c(N)nc(C)cc2n1CC(C)C. The molecule has 2 N–H and O–H groups in total. The normalized spacial score (nSPS) is 11.6. The van der Waals surface area contributed by atoms with Crippen LogP contribution in [0.2, 0.25) is 0 Å². The van der Waals surface area contributed by atoms with Crippen molar-refractivity contribution in [1.29, 1.82) is 0 Å². The third-order valence-corrected chi connectivity index (χ3v) is 2.95. The van der Waals surface area contributed by atoms with Crippen LogP contribution in [0.1, 0.15) is 32.3 Å². The van der Waals surface area contributed by atoms with E-state index in [1.807, 2.05) is 19.9 Å². The summed E-state index contributed by atoms with van der Waals surface area (Å²) in [6, 6.07) is 2.04. The summed E-state index contributed by atoms with van der Waals surface area (Å²) in [6.45, 7) is 10.4. The van der Waals surface area contributed by atoms with E-state index in [4.69, 9.17) is 10.5 Å². The molecule has 0 spiro atoms. The van der Waals surface area contributed by atoms with E-state index in [0.29, 0.717) is 24.9 Å². The van der Waals surface area contributed by atoms with Gasteiger partial charge in [-0.2, -0.15) is 0 Å². The molecular formula is C14H22N4O. The maximum absolute atomic E-state index is 5.97. The van der Waals surface area contributed by atoms with E-state index < -0.39 is 0 Å². The van der Waals surface area contributed by atoms with Crippen LogP contribution in [-0.2, 0) is 17.9 Å². The zero-order chi connectivity index (χ0) is 14.0. The summed E-state index contributed by atoms with van der Waals surface area (Å²) in [5.41, 5.74) is 8.71. The number of nitrogens with two attached hydrogens (primary N) is 1. The number of nitrogens with zero attached hydrogens (tertiary/aromatic N) is 3. The fraction of sp³-hybridized carbons (Fsp3) is 0.571. The summed E-state index contributed by atoms with van der Waals surface area (Å²) in [7, 11) is 0. The minimum absolute atomic E-state index is 0.496. The van der Waals surface area contributed by atoms with E-state index >= 15 is 0 Å². The highest BCUT2D eigenvalue weighted by Gasteiger charge is 2.15. The molecule has 0 bridgehead atoms. The fourth-order valence-electron chi connectivity index (χ4n) is 2.19. The first-order valence-electron chi connectivity index (χ1n) is 6.72. The fourth-order valence-corrected chi connectivity index (χ4v) is 2.19. The Labute approximate surface area is 113 Å². The number of hydrogen-bond donors (Lipinski definition) is 1. The lowest BCUT2D eigenvalue weighted by molar-refractivity contribution is 0.125. The number of imidazole rings is 1. The summed E-state index contributed by atoms with van der Waals surface area (Å²) in [5.74, 6) is 1.95. The van der Waals surface area contributed by atoms with Crippen molar-refractivity contribution >= 4 is 16.9 Å². The molecule has 0 aromatic carbocycles. The molecule has 2 aromatic rings. The molecule has 0 radical (unpaired) electrons. The molecule has 0 aliphatic rings. The summed E-state index contributed by atoms with van der Waals surface area (Å²) in [6.07, 6.45) is 0. The van der Waals surface area contributed by atoms with Crippen LogP contribution in [0.4, 0.5) is 5.82 Å². The largest absolute Gasteiger partial charge is 0.382 e. The topological polar surface area (TPSA) is 66.0 Å². The van der Waals surface area contributed by atoms with E-state index in [2.05, 4.69) is 28.4 Å². The lowest BCUT2D eigenvalue weighted by Gasteiger charge is -2.12. The molecule has 0 fully saturated rings. The number of aryl methyl sites for hydroxylation is 1. The lowest BCUT2D eigenvalue weighted by Crippen LogP contribution is -2.10. The smallest absolute Gasteiger partial charge is 0.151 e. The van der Waals surface area contributed by atoms with Crippen molar-refractivity contribution in [3.05, 3.63) is 17.6 Å². The summed E-state index contributed by atoms with van der Waals surface area (Å²) >= 11 is 0. The zero-order valence-electron chi connectivity index (χ0n) is 12.1. The molecule has 0 saturated heterocycles. The maximum atomic E-state index is 5.97. The van der Waals surface area contributed by atoms with E-state index in [0.717, 1.165) is 29.1 Å². The minimum Gasteiger partial charge on any atom is -0.382 e. The van der Waals surface area contributed by atoms with Crippen LogP contribution in [0.15, 0.2) is 6.07 Å². The van der Waals surface area contributed by atoms with Crippen LogP contribution in [-0.4, -0.2) is 21.1 Å². The molecule has 2 rings (SSSR count). The molecule has 2 heterocycles. The third kappa shape index (κ3) is 2.87. The van der Waals surface area contributed by atoms with Crippen molar-refractivity contribution in [2.45, 2.75) is 40.8 Å². The number of hydrogen-bond acceptors (Lipinski definition) is 4. The first-order valence-corrected chi connectivity index (χ1v) is 6.72. The molecular weight excluding hydrogens is 240 g/mol. The van der Waals surface area contributed by atoms with Gasteiger partial charge in [0.1, 0.15) is 17.9 Å². The van der Waals surface area contributed by atoms with Crippen LogP contribution in [0.3, 0.4) is 0 Å². The van der Waals surface area contributed by atoms with Crippen molar-refractivity contribution in [2.75, 3.05) is 12.3 Å². The number of anilines is 1. The molecule has 0 unspecified atom stereocenters. The van der Waals surface area contributed by atoms with Crippen LogP contribution in [0.25, 0.3) is 11.0 Å². The van der Waals surface area contributed by atoms with Crippen molar-refractivity contribution < 1.29 is 4.74 Å². The van der Waals surface area contributed by atoms with Gasteiger partial charge in [0.15, 0.2) is 5.82 Å². The van der Waals surface area contributed by atoms with E-state index in [1.165, 1.54) is 0 Å². The van der Waals surface area contributed by atoms with Gasteiger partial charge in [-0.15, -0.1) is 0 Å². The van der Waals surface area contributed by atoms with Crippen molar-refractivity contribution in [1.82, 2.24) is 14.5 Å². The summed E-state index contributed by atoms with van der Waals surface area (Å²) in [4.78, 5) is 8.87. The highest BCUT2D eigenvalue weighted by molar-refractivity contribution is 5.85. The molecule has 19 heavy (non-hydrogen) atoms. The van der Waals surface area contributed by atoms with Crippen LogP contribution in [0, 0.1) is 12.8 Å². The Morgan fingerprint density at radius 1 is 1.37 bits per heavy atom. The monoisotopic (exact) mass is 262 g/mol. The Hall–Kier alpha value is -1.62. The third-order valence-electron chi connectivity index (χ3n) is 2.95. The van der Waals surface area contributed by atoms with Gasteiger partial charge in [-0.1, -0.05) is 13.8 Å². The van der Waals surface area contributed by atoms with Gasteiger partial charge in [0.05, 0.1) is 5.52 Å². The number of rotatable bonds is 5. The maximum Gasteiger partial charge on any atom is 0.151 e. The quantitative estimate of drug-likeness (QED) is 0.899. The second-order valence-electron chi connectivity index (χ2n) is 5.19. The first-order chi connectivity index (χ1) is 9.02. The molecule has 2 aromatic heterocycles. The second-order valence-corrected chi connectivity index (χ2v) is 5.19. The van der Waals surface area contributed by atoms with Gasteiger partial charge in [-0.05, 0) is 25.8 Å². The molecule has 0 saturated carbocycles. The van der Waals surface area contributed by atoms with E-state index in [-0.39, 0.29) is 0 Å². The number of nitrogen functional groups attached to an aromatic ring is 1. The Bertz CT molecular complexity index is 574. The average molecular weight is 262 g/mol. The molecule has 0 aliphatic heterocycles. The standard InChI is InChI=1S/C14H22N4O/c1-5-19-8-12-17-13-11(18(12)7-9(2)3)6-10(4)16-14(13)15/h6,9H,5,7-8H2,1-4H3,(H2,15,16). The van der Waals surface area contributed by atoms with Crippen molar-refractivity contribution in [2.24, 2.45) is 5.92 Å². The number of aromatic nitrogens is 3. The predicted octanol–water partition coefficient (Wildman–Crippen LogP) is 2.51. The lowest BCUT2D eigenvalue weighted by atomic mass is 10.2. The van der Waals surface area contributed by atoms with Gasteiger partial charge in [0.2, 0.25) is 0 Å². The van der Waals surface area contributed by atoms with Crippen molar-refractivity contribution in [3.63, 3.8) is 0 Å². The predicted molar refractivity (Wildman–Crippen MR) is 76.8 cm³/mol. The average Bonchev–Trinajstić information content (AvgIpc) is 2.65. The number of ether oxygens (including phenoxy) is 1. The molecule has 5 heteroatoms. The minimum atomic E-state index is 0.496. The van der Waals surface area contributed by atoms with Gasteiger partial charge < -0.3 is 15.0 Å². The van der Waals surface area contributed by atoms with Gasteiger partial charge in [-0.25, -0.2) is 9.97 Å². The molecule has 0 amide bonds. The van der Waals surface area contributed by atoms with Crippen LogP contribution in [0.5, 0.6) is 0 Å². The van der Waals surface area contributed by atoms with E-state index in [1.54, 1.807) is 0 Å². The Kier molecular flexibility index (Phi) is 4.04. The van der Waals surface area contributed by atoms with E-state index in [9.17, 15) is 0 Å². The summed E-state index contributed by atoms with van der Waals surface area (Å²) < 4.78 is 7.69. The Morgan fingerprint density at radius 3 is 2.74 bits per heavy atom. The first kappa shape index (κ1) is 13.8. The second kappa shape index (κ2) is 5.57. The summed E-state index contributed by atoms with van der Waals surface area (Å²) in [5, 5.41) is 0. The molecule has 5 nitrogen and oxygen atoms in total. The molecule has 0 atom stereocenters. The zero-order valence-corrected chi connectivity index (χ0v) is 12.1. The van der Waals surface area contributed by atoms with Gasteiger partial charge in [0, 0.05) is 18.8 Å². The van der Waals surface area contributed by atoms with Gasteiger partial charge in [0.25, 0.3) is 0 Å². The number of fused-ring (bicyclic) bond motifs is 1. The molecule has 104 valence electrons. The Morgan fingerprint density at radius 2 is 2.11 bits per heavy atom. The van der Waals surface area contributed by atoms with Crippen LogP contribution >= 0.6 is 0 Å². The van der Waals surface area contributed by atoms with Gasteiger partial charge in [-0.3, -0.25) is 0 Å². The molecule has 0 aliphatic carbocycles. The van der Waals surface area contributed by atoms with Gasteiger partial charge >= 0.3 is 0 Å². The van der Waals surface area contributed by atoms with Crippen LogP contribution < -0.4 is 5.73 Å². The highest BCUT2D eigenvalue weighted by Crippen LogP contribution is 2.23. The highest BCUT2D eigenvalue weighted by atomic mass is 16.5. The van der Waals surface area contributed by atoms with Crippen molar-refractivity contribution in [3.8, 4) is 0 Å². The number of pyridine rings is 1. The Balaban J connectivity index is 2.56.